The number of furan rings is 2. The molecule has 25 heavy (non-hydrogen) atoms. The van der Waals surface area contributed by atoms with E-state index in [1.54, 1.807) is 27.6 Å². The highest BCUT2D eigenvalue weighted by Gasteiger charge is 2.35. The van der Waals surface area contributed by atoms with Crippen molar-refractivity contribution in [3.05, 3.63) is 42.7 Å². The lowest BCUT2D eigenvalue weighted by atomic mass is 9.82. The Labute approximate surface area is 146 Å². The highest BCUT2D eigenvalue weighted by molar-refractivity contribution is 6.47. The average Bonchev–Trinajstić information content (AvgIpc) is 3.12. The lowest BCUT2D eigenvalue weighted by Gasteiger charge is -2.37. The number of fused-ring (bicyclic) bond motifs is 4. The third-order valence-corrected chi connectivity index (χ3v) is 5.03. The number of benzene rings is 2. The van der Waals surface area contributed by atoms with E-state index < -0.39 is 11.2 Å². The molecule has 0 amide bonds. The molecule has 0 unspecified atom stereocenters. The van der Waals surface area contributed by atoms with Crippen LogP contribution in [-0.4, -0.2) is 23.8 Å². The second-order valence-electron chi connectivity index (χ2n) is 7.47. The van der Waals surface area contributed by atoms with E-state index in [-0.39, 0.29) is 0 Å². The Bertz CT molecular complexity index is 1070. The van der Waals surface area contributed by atoms with Crippen LogP contribution in [0.1, 0.15) is 27.7 Å². The van der Waals surface area contributed by atoms with Crippen LogP contribution in [0.3, 0.4) is 0 Å². The molecule has 4 nitrogen and oxygen atoms in total. The number of aliphatic hydroxyl groups is 1. The van der Waals surface area contributed by atoms with Gasteiger partial charge in [0.15, 0.2) is 0 Å². The summed E-state index contributed by atoms with van der Waals surface area (Å²) in [6.07, 6.45) is 1.68. The Balaban J connectivity index is 1.72. The maximum atomic E-state index is 10.2. The van der Waals surface area contributed by atoms with Crippen LogP contribution in [0, 0.1) is 0 Å². The molecule has 0 spiro atoms. The van der Waals surface area contributed by atoms with Crippen molar-refractivity contribution < 1.29 is 18.6 Å². The first-order valence-corrected chi connectivity index (χ1v) is 8.31. The van der Waals surface area contributed by atoms with Crippen molar-refractivity contribution in [2.45, 2.75) is 38.9 Å². The van der Waals surface area contributed by atoms with Gasteiger partial charge in [-0.3, -0.25) is 0 Å². The second-order valence-corrected chi connectivity index (χ2v) is 7.47. The first-order chi connectivity index (χ1) is 11.7. The van der Waals surface area contributed by atoms with Gasteiger partial charge >= 0.3 is 7.48 Å². The third kappa shape index (κ3) is 2.73. The number of hydrogen-bond acceptors (Lipinski definition) is 4. The van der Waals surface area contributed by atoms with Crippen molar-refractivity contribution in [3.63, 3.8) is 0 Å². The minimum Gasteiger partial charge on any atom is -0.464 e. The molecule has 0 fully saturated rings. The van der Waals surface area contributed by atoms with Crippen LogP contribution in [0.4, 0.5) is 0 Å². The fourth-order valence-corrected chi connectivity index (χ4v) is 2.68. The quantitative estimate of drug-likeness (QED) is 0.570. The molecular weight excluding hydrogens is 315 g/mol. The summed E-state index contributed by atoms with van der Waals surface area (Å²) in [7, 11) is 1.69. The van der Waals surface area contributed by atoms with E-state index >= 15 is 0 Å². The van der Waals surface area contributed by atoms with E-state index in [1.807, 2.05) is 44.2 Å². The lowest BCUT2D eigenvalue weighted by molar-refractivity contribution is -0.0893. The van der Waals surface area contributed by atoms with Crippen LogP contribution in [0.5, 0.6) is 0 Å². The lowest BCUT2D eigenvalue weighted by Crippen LogP contribution is -2.49. The molecule has 0 bridgehead atoms. The van der Waals surface area contributed by atoms with E-state index in [9.17, 15) is 5.11 Å². The van der Waals surface area contributed by atoms with E-state index in [2.05, 4.69) is 6.07 Å². The van der Waals surface area contributed by atoms with E-state index in [0.717, 1.165) is 38.4 Å². The van der Waals surface area contributed by atoms with Crippen LogP contribution in [-0.2, 0) is 4.65 Å². The van der Waals surface area contributed by atoms with Gasteiger partial charge in [0.1, 0.15) is 16.7 Å². The van der Waals surface area contributed by atoms with Crippen molar-refractivity contribution in [1.82, 2.24) is 0 Å². The molecule has 0 aliphatic heterocycles. The van der Waals surface area contributed by atoms with Gasteiger partial charge in [0.2, 0.25) is 0 Å². The van der Waals surface area contributed by atoms with E-state index in [0.29, 0.717) is 0 Å². The largest absolute Gasteiger partial charge is 0.464 e. The predicted octanol–water partition coefficient (Wildman–Crippen LogP) is 4.14. The SMILES string of the molecule is CC(C)(O)C(C)(C)O[B]c1ccc2oc3cc4occc4cc3c2c1. The summed E-state index contributed by atoms with van der Waals surface area (Å²) in [5.41, 5.74) is 1.69. The highest BCUT2D eigenvalue weighted by Crippen LogP contribution is 2.32. The van der Waals surface area contributed by atoms with Crippen LogP contribution in [0.25, 0.3) is 32.9 Å². The highest BCUT2D eigenvalue weighted by atomic mass is 16.5. The van der Waals surface area contributed by atoms with Gasteiger partial charge in [-0.25, -0.2) is 0 Å². The molecule has 5 heteroatoms. The predicted molar refractivity (Wildman–Crippen MR) is 100 cm³/mol. The first kappa shape index (κ1) is 16.2. The van der Waals surface area contributed by atoms with Crippen LogP contribution >= 0.6 is 0 Å². The van der Waals surface area contributed by atoms with Gasteiger partial charge in [-0.15, -0.1) is 0 Å². The third-order valence-electron chi connectivity index (χ3n) is 5.03. The van der Waals surface area contributed by atoms with Gasteiger partial charge in [0, 0.05) is 22.2 Å². The summed E-state index contributed by atoms with van der Waals surface area (Å²) in [6.45, 7) is 7.21. The Kier molecular flexibility index (Phi) is 3.50. The van der Waals surface area contributed by atoms with E-state index in [1.165, 1.54) is 0 Å². The van der Waals surface area contributed by atoms with Crippen molar-refractivity contribution >= 4 is 45.9 Å². The molecular formula is C20H20BO4. The molecule has 0 aliphatic carbocycles. The zero-order valence-electron chi connectivity index (χ0n) is 14.8. The molecule has 2 aromatic carbocycles. The van der Waals surface area contributed by atoms with Crippen molar-refractivity contribution in [2.24, 2.45) is 0 Å². The minimum absolute atomic E-state index is 0.705. The molecule has 127 valence electrons. The van der Waals surface area contributed by atoms with Crippen molar-refractivity contribution in [3.8, 4) is 0 Å². The first-order valence-electron chi connectivity index (χ1n) is 8.31. The molecule has 0 saturated heterocycles. The van der Waals surface area contributed by atoms with Gasteiger partial charge < -0.3 is 18.6 Å². The Morgan fingerprint density at radius 3 is 2.44 bits per heavy atom. The summed E-state index contributed by atoms with van der Waals surface area (Å²) >= 11 is 0. The smallest absolute Gasteiger partial charge is 0.330 e. The summed E-state index contributed by atoms with van der Waals surface area (Å²) in [4.78, 5) is 0. The van der Waals surface area contributed by atoms with Crippen molar-refractivity contribution in [1.29, 1.82) is 0 Å². The van der Waals surface area contributed by atoms with Gasteiger partial charge in [-0.2, -0.15) is 0 Å². The summed E-state index contributed by atoms with van der Waals surface area (Å²) < 4.78 is 17.2. The Hall–Kier alpha value is -2.24. The molecule has 4 aromatic rings. The van der Waals surface area contributed by atoms with Gasteiger partial charge in [0.25, 0.3) is 0 Å². The fraction of sp³-hybridized carbons (Fsp3) is 0.300. The maximum absolute atomic E-state index is 10.2. The summed E-state index contributed by atoms with van der Waals surface area (Å²) in [5.74, 6) is 0. The van der Waals surface area contributed by atoms with Crippen LogP contribution in [0.15, 0.2) is 51.5 Å². The van der Waals surface area contributed by atoms with Crippen LogP contribution in [0.2, 0.25) is 0 Å². The molecule has 1 radical (unpaired) electrons. The zero-order valence-corrected chi connectivity index (χ0v) is 14.8. The molecule has 2 aromatic heterocycles. The monoisotopic (exact) mass is 335 g/mol. The molecule has 0 atom stereocenters. The minimum atomic E-state index is -0.956. The molecule has 2 heterocycles. The zero-order chi connectivity index (χ0) is 17.8. The molecule has 0 saturated carbocycles. The van der Waals surface area contributed by atoms with Gasteiger partial charge in [-0.05, 0) is 45.9 Å². The summed E-state index contributed by atoms with van der Waals surface area (Å²) in [6, 6.07) is 11.8. The van der Waals surface area contributed by atoms with Gasteiger partial charge in [-0.1, -0.05) is 17.6 Å². The number of rotatable bonds is 4. The van der Waals surface area contributed by atoms with Crippen LogP contribution < -0.4 is 5.46 Å². The summed E-state index contributed by atoms with van der Waals surface area (Å²) in [5, 5.41) is 13.3. The standard InChI is InChI=1S/C20H20BO4/c1-19(2,22)20(3,4)25-21-13-5-6-16-15(10-13)14-9-12-7-8-23-17(12)11-18(14)24-16/h5-11,22H,1-4H3. The fourth-order valence-electron chi connectivity index (χ4n) is 2.68. The average molecular weight is 335 g/mol. The van der Waals surface area contributed by atoms with Crippen molar-refractivity contribution in [2.75, 3.05) is 0 Å². The molecule has 4 rings (SSSR count). The topological polar surface area (TPSA) is 55.7 Å². The second kappa shape index (κ2) is 5.38. The van der Waals surface area contributed by atoms with E-state index in [4.69, 9.17) is 13.5 Å². The molecule has 0 aliphatic rings. The Morgan fingerprint density at radius 1 is 0.920 bits per heavy atom. The normalized spacial score (nSPS) is 13.2. The molecule has 1 N–H and O–H groups in total. The Morgan fingerprint density at radius 2 is 1.68 bits per heavy atom. The van der Waals surface area contributed by atoms with Gasteiger partial charge in [0.05, 0.1) is 17.5 Å². The maximum Gasteiger partial charge on any atom is 0.330 e. The number of hydrogen-bond donors (Lipinski definition) is 1.